The molecular weight excluding hydrogens is 330 g/mol. The molecule has 0 unspecified atom stereocenters. The normalized spacial score (nSPS) is 15.1. The van der Waals surface area contributed by atoms with Gasteiger partial charge in [-0.3, -0.25) is 4.99 Å². The molecule has 0 radical (unpaired) electrons. The number of nitrogens with one attached hydrogen (secondary N) is 2. The Morgan fingerprint density at radius 3 is 2.65 bits per heavy atom. The highest BCUT2D eigenvalue weighted by atomic mass is 16.5. The Labute approximate surface area is 154 Å². The molecule has 1 saturated carbocycles. The van der Waals surface area contributed by atoms with Gasteiger partial charge >= 0.3 is 0 Å². The lowest BCUT2D eigenvalue weighted by Crippen LogP contribution is -2.38. The van der Waals surface area contributed by atoms with Crippen LogP contribution >= 0.6 is 0 Å². The summed E-state index contributed by atoms with van der Waals surface area (Å²) >= 11 is 0. The van der Waals surface area contributed by atoms with Gasteiger partial charge in [-0.15, -0.1) is 0 Å². The van der Waals surface area contributed by atoms with Gasteiger partial charge in [-0.25, -0.2) is 0 Å². The molecule has 1 aliphatic rings. The highest BCUT2D eigenvalue weighted by Crippen LogP contribution is 2.29. The zero-order valence-corrected chi connectivity index (χ0v) is 15.5. The van der Waals surface area contributed by atoms with Crippen molar-refractivity contribution in [2.75, 3.05) is 26.1 Å². The summed E-state index contributed by atoms with van der Waals surface area (Å²) in [6.07, 6.45) is 7.38. The molecule has 6 heteroatoms. The van der Waals surface area contributed by atoms with Crippen molar-refractivity contribution in [3.63, 3.8) is 0 Å². The van der Waals surface area contributed by atoms with Crippen molar-refractivity contribution >= 4 is 11.6 Å². The average Bonchev–Trinajstić information content (AvgIpc) is 3.35. The second-order valence-corrected chi connectivity index (χ2v) is 6.38. The molecule has 1 aromatic carbocycles. The molecule has 1 aromatic heterocycles. The molecule has 0 aliphatic heterocycles. The number of ether oxygens (including phenoxy) is 2. The quantitative estimate of drug-likeness (QED) is 0.582. The predicted molar refractivity (Wildman–Crippen MR) is 103 cm³/mol. The van der Waals surface area contributed by atoms with E-state index in [4.69, 9.17) is 18.9 Å². The fourth-order valence-corrected chi connectivity index (χ4v) is 3.17. The van der Waals surface area contributed by atoms with E-state index < -0.39 is 0 Å². The van der Waals surface area contributed by atoms with E-state index in [9.17, 15) is 0 Å². The first-order valence-corrected chi connectivity index (χ1v) is 9.11. The minimum absolute atomic E-state index is 0.477. The van der Waals surface area contributed by atoms with E-state index in [0.29, 0.717) is 24.1 Å². The highest BCUT2D eigenvalue weighted by Gasteiger charge is 2.16. The Hall–Kier alpha value is -2.63. The van der Waals surface area contributed by atoms with Gasteiger partial charge in [0.1, 0.15) is 5.76 Å². The summed E-state index contributed by atoms with van der Waals surface area (Å²) in [6, 6.07) is 10.1. The second-order valence-electron chi connectivity index (χ2n) is 6.38. The molecule has 0 bridgehead atoms. The van der Waals surface area contributed by atoms with Crippen LogP contribution in [0.3, 0.4) is 0 Å². The predicted octanol–water partition coefficient (Wildman–Crippen LogP) is 3.84. The van der Waals surface area contributed by atoms with Gasteiger partial charge in [0.15, 0.2) is 17.5 Å². The third-order valence-electron chi connectivity index (χ3n) is 4.55. The van der Waals surface area contributed by atoms with Crippen LogP contribution in [0.4, 0.5) is 5.69 Å². The van der Waals surface area contributed by atoms with Crippen molar-refractivity contribution in [3.8, 4) is 11.5 Å². The van der Waals surface area contributed by atoms with Crippen LogP contribution in [0, 0.1) is 0 Å². The smallest absolute Gasteiger partial charge is 0.196 e. The van der Waals surface area contributed by atoms with Crippen molar-refractivity contribution in [3.05, 3.63) is 42.4 Å². The largest absolute Gasteiger partial charge is 0.493 e. The van der Waals surface area contributed by atoms with Crippen LogP contribution in [0.25, 0.3) is 0 Å². The van der Waals surface area contributed by atoms with Crippen LogP contribution in [-0.4, -0.2) is 32.8 Å². The summed E-state index contributed by atoms with van der Waals surface area (Å²) in [4.78, 5) is 4.72. The minimum atomic E-state index is 0.477. The Bertz CT molecular complexity index is 707. The van der Waals surface area contributed by atoms with Gasteiger partial charge in [0, 0.05) is 30.8 Å². The SMILES string of the molecule is COc1ccc(NC(=NCCc2ccco2)NC2CCCC2)cc1OC. The van der Waals surface area contributed by atoms with Crippen LogP contribution in [0.5, 0.6) is 11.5 Å². The highest BCUT2D eigenvalue weighted by molar-refractivity contribution is 5.94. The maximum absolute atomic E-state index is 5.38. The second kappa shape index (κ2) is 9.17. The summed E-state index contributed by atoms with van der Waals surface area (Å²) in [5.41, 5.74) is 0.907. The molecule has 0 atom stereocenters. The zero-order chi connectivity index (χ0) is 18.2. The van der Waals surface area contributed by atoms with E-state index in [1.807, 2.05) is 30.3 Å². The fourth-order valence-electron chi connectivity index (χ4n) is 3.17. The van der Waals surface area contributed by atoms with Gasteiger partial charge in [0.05, 0.1) is 20.5 Å². The summed E-state index contributed by atoms with van der Waals surface area (Å²) in [7, 11) is 3.27. The van der Waals surface area contributed by atoms with Gasteiger partial charge in [0.25, 0.3) is 0 Å². The Morgan fingerprint density at radius 2 is 1.96 bits per heavy atom. The maximum Gasteiger partial charge on any atom is 0.196 e. The van der Waals surface area contributed by atoms with Crippen molar-refractivity contribution in [2.24, 2.45) is 4.99 Å². The summed E-state index contributed by atoms with van der Waals surface area (Å²) < 4.78 is 16.1. The maximum atomic E-state index is 5.38. The monoisotopic (exact) mass is 357 g/mol. The number of nitrogens with zero attached hydrogens (tertiary/aromatic N) is 1. The Balaban J connectivity index is 1.69. The molecule has 3 rings (SSSR count). The number of aliphatic imine (C=N–C) groups is 1. The summed E-state index contributed by atoms with van der Waals surface area (Å²) in [5, 5.41) is 6.93. The first-order chi connectivity index (χ1) is 12.8. The summed E-state index contributed by atoms with van der Waals surface area (Å²) in [6.45, 7) is 0.656. The number of anilines is 1. The number of benzene rings is 1. The number of guanidine groups is 1. The molecule has 2 aromatic rings. The molecule has 0 saturated heterocycles. The van der Waals surface area contributed by atoms with E-state index in [-0.39, 0.29) is 0 Å². The first kappa shape index (κ1) is 18.2. The number of methoxy groups -OCH3 is 2. The summed E-state index contributed by atoms with van der Waals surface area (Å²) in [5.74, 6) is 3.13. The van der Waals surface area contributed by atoms with Crippen LogP contribution in [0.15, 0.2) is 46.0 Å². The molecule has 0 amide bonds. The fraction of sp³-hybridized carbons (Fsp3) is 0.450. The van der Waals surface area contributed by atoms with Crippen molar-refractivity contribution < 1.29 is 13.9 Å². The average molecular weight is 357 g/mol. The number of furan rings is 1. The number of hydrogen-bond acceptors (Lipinski definition) is 4. The minimum Gasteiger partial charge on any atom is -0.493 e. The van der Waals surface area contributed by atoms with Crippen LogP contribution in [0.2, 0.25) is 0 Å². The third-order valence-corrected chi connectivity index (χ3v) is 4.55. The lowest BCUT2D eigenvalue weighted by Gasteiger charge is -2.18. The molecule has 1 heterocycles. The Morgan fingerprint density at radius 1 is 1.15 bits per heavy atom. The molecule has 140 valence electrons. The van der Waals surface area contributed by atoms with Crippen molar-refractivity contribution in [1.29, 1.82) is 0 Å². The van der Waals surface area contributed by atoms with Gasteiger partial charge < -0.3 is 24.5 Å². The zero-order valence-electron chi connectivity index (χ0n) is 15.5. The van der Waals surface area contributed by atoms with Gasteiger partial charge in [-0.1, -0.05) is 12.8 Å². The van der Waals surface area contributed by atoms with Crippen LogP contribution < -0.4 is 20.1 Å². The van der Waals surface area contributed by atoms with E-state index in [1.54, 1.807) is 20.5 Å². The topological polar surface area (TPSA) is 68.0 Å². The molecule has 1 fully saturated rings. The molecule has 6 nitrogen and oxygen atoms in total. The van der Waals surface area contributed by atoms with Crippen molar-refractivity contribution in [1.82, 2.24) is 5.32 Å². The molecule has 1 aliphatic carbocycles. The first-order valence-electron chi connectivity index (χ1n) is 9.11. The van der Waals surface area contributed by atoms with Crippen LogP contribution in [0.1, 0.15) is 31.4 Å². The van der Waals surface area contributed by atoms with E-state index in [1.165, 1.54) is 25.7 Å². The van der Waals surface area contributed by atoms with Crippen LogP contribution in [-0.2, 0) is 6.42 Å². The van der Waals surface area contributed by atoms with Gasteiger partial charge in [0.2, 0.25) is 0 Å². The van der Waals surface area contributed by atoms with Crippen molar-refractivity contribution in [2.45, 2.75) is 38.1 Å². The molecule has 2 N–H and O–H groups in total. The van der Waals surface area contributed by atoms with Gasteiger partial charge in [-0.05, 0) is 37.1 Å². The number of rotatable bonds is 7. The van der Waals surface area contributed by atoms with E-state index >= 15 is 0 Å². The Kier molecular flexibility index (Phi) is 6.41. The standard InChI is InChI=1S/C20H27N3O3/c1-24-18-10-9-16(14-19(18)25-2)23-20(22-15-6-3-4-7-15)21-12-11-17-8-5-13-26-17/h5,8-10,13-15H,3-4,6-7,11-12H2,1-2H3,(H2,21,22,23). The van der Waals surface area contributed by atoms with Gasteiger partial charge in [-0.2, -0.15) is 0 Å². The van der Waals surface area contributed by atoms with E-state index in [2.05, 4.69) is 10.6 Å². The number of hydrogen-bond donors (Lipinski definition) is 2. The van der Waals surface area contributed by atoms with E-state index in [0.717, 1.165) is 23.8 Å². The lowest BCUT2D eigenvalue weighted by atomic mass is 10.2. The lowest BCUT2D eigenvalue weighted by molar-refractivity contribution is 0.355. The molecule has 26 heavy (non-hydrogen) atoms. The third kappa shape index (κ3) is 4.94. The molecular formula is C20H27N3O3. The molecule has 0 spiro atoms.